The zero-order chi connectivity index (χ0) is 21.7. The van der Waals surface area contributed by atoms with Crippen LogP contribution in [0.4, 0.5) is 10.2 Å². The van der Waals surface area contributed by atoms with E-state index in [1.807, 2.05) is 13.8 Å². The van der Waals surface area contributed by atoms with Gasteiger partial charge in [0.1, 0.15) is 17.2 Å². The smallest absolute Gasteiger partial charge is 0.332 e. The van der Waals surface area contributed by atoms with Gasteiger partial charge in [0, 0.05) is 20.0 Å². The molecule has 0 saturated heterocycles. The predicted octanol–water partition coefficient (Wildman–Crippen LogP) is 1.28. The van der Waals surface area contributed by atoms with Crippen LogP contribution in [0.15, 0.2) is 33.9 Å². The maximum atomic E-state index is 12.9. The van der Waals surface area contributed by atoms with Crippen molar-refractivity contribution in [3.05, 3.63) is 62.0 Å². The number of aromatic nitrogens is 2. The van der Waals surface area contributed by atoms with Crippen molar-refractivity contribution in [2.45, 2.75) is 33.2 Å². The molecule has 0 atom stereocenters. The van der Waals surface area contributed by atoms with E-state index in [-0.39, 0.29) is 36.1 Å². The molecule has 9 heteroatoms. The van der Waals surface area contributed by atoms with Gasteiger partial charge in [0.05, 0.1) is 0 Å². The maximum absolute atomic E-state index is 12.9. The van der Waals surface area contributed by atoms with Gasteiger partial charge in [0.2, 0.25) is 5.78 Å². The maximum Gasteiger partial charge on any atom is 0.332 e. The minimum Gasteiger partial charge on any atom is -0.457 e. The SMILES string of the molecule is CC(C)Cn1c(N)c(C(=O)COC(=O)CCc2ccc(F)cc2)c(=O)n(C)c1=O. The van der Waals surface area contributed by atoms with Crippen molar-refractivity contribution in [3.63, 3.8) is 0 Å². The second-order valence-electron chi connectivity index (χ2n) is 7.12. The Bertz CT molecular complexity index is 1020. The molecule has 8 nitrogen and oxygen atoms in total. The van der Waals surface area contributed by atoms with Crippen molar-refractivity contribution in [2.75, 3.05) is 12.3 Å². The van der Waals surface area contributed by atoms with E-state index in [1.165, 1.54) is 19.2 Å². The summed E-state index contributed by atoms with van der Waals surface area (Å²) in [4.78, 5) is 49.0. The number of anilines is 1. The number of carbonyl (C=O) groups is 2. The highest BCUT2D eigenvalue weighted by Gasteiger charge is 2.22. The fraction of sp³-hybridized carbons (Fsp3) is 0.400. The molecule has 0 radical (unpaired) electrons. The number of hydrogen-bond donors (Lipinski definition) is 1. The van der Waals surface area contributed by atoms with E-state index in [9.17, 15) is 23.6 Å². The number of rotatable bonds is 8. The molecule has 156 valence electrons. The Balaban J connectivity index is 2.09. The molecule has 2 aromatic rings. The van der Waals surface area contributed by atoms with Crippen LogP contribution in [0.1, 0.15) is 36.2 Å². The Hall–Kier alpha value is -3.23. The molecule has 29 heavy (non-hydrogen) atoms. The van der Waals surface area contributed by atoms with Crippen molar-refractivity contribution in [3.8, 4) is 0 Å². The van der Waals surface area contributed by atoms with E-state index in [4.69, 9.17) is 10.5 Å². The number of aryl methyl sites for hydroxylation is 1. The summed E-state index contributed by atoms with van der Waals surface area (Å²) in [5.74, 6) is -1.98. The summed E-state index contributed by atoms with van der Waals surface area (Å²) in [5, 5.41) is 0. The van der Waals surface area contributed by atoms with Crippen molar-refractivity contribution in [1.29, 1.82) is 0 Å². The van der Waals surface area contributed by atoms with Gasteiger partial charge >= 0.3 is 11.7 Å². The Kier molecular flexibility index (Phi) is 7.08. The van der Waals surface area contributed by atoms with Crippen LogP contribution >= 0.6 is 0 Å². The summed E-state index contributed by atoms with van der Waals surface area (Å²) >= 11 is 0. The monoisotopic (exact) mass is 405 g/mol. The van der Waals surface area contributed by atoms with Gasteiger partial charge in [-0.1, -0.05) is 26.0 Å². The van der Waals surface area contributed by atoms with Gasteiger partial charge in [0.15, 0.2) is 6.61 Å². The lowest BCUT2D eigenvalue weighted by Crippen LogP contribution is -2.43. The number of nitrogens with zero attached hydrogens (tertiary/aromatic N) is 2. The molecular weight excluding hydrogens is 381 g/mol. The number of benzene rings is 1. The quantitative estimate of drug-likeness (QED) is 0.523. The first-order valence-corrected chi connectivity index (χ1v) is 9.14. The van der Waals surface area contributed by atoms with Crippen LogP contribution in [0.5, 0.6) is 0 Å². The molecule has 2 rings (SSSR count). The van der Waals surface area contributed by atoms with E-state index in [0.717, 1.165) is 14.7 Å². The van der Waals surface area contributed by atoms with Crippen LogP contribution in [-0.2, 0) is 29.5 Å². The first-order chi connectivity index (χ1) is 13.6. The number of nitrogens with two attached hydrogens (primary N) is 1. The Morgan fingerprint density at radius 2 is 1.79 bits per heavy atom. The lowest BCUT2D eigenvalue weighted by Gasteiger charge is -2.16. The van der Waals surface area contributed by atoms with Gasteiger partial charge in [-0.15, -0.1) is 0 Å². The molecule has 0 fully saturated rings. The summed E-state index contributed by atoms with van der Waals surface area (Å²) in [6.45, 7) is 3.29. The number of halogens is 1. The molecule has 0 aliphatic heterocycles. The summed E-state index contributed by atoms with van der Waals surface area (Å²) in [6.07, 6.45) is 0.301. The largest absolute Gasteiger partial charge is 0.457 e. The van der Waals surface area contributed by atoms with Gasteiger partial charge in [-0.05, 0) is 30.0 Å². The molecule has 1 heterocycles. The van der Waals surface area contributed by atoms with Gasteiger partial charge < -0.3 is 10.5 Å². The van der Waals surface area contributed by atoms with E-state index in [0.29, 0.717) is 6.42 Å². The highest BCUT2D eigenvalue weighted by Crippen LogP contribution is 2.10. The molecule has 0 bridgehead atoms. The van der Waals surface area contributed by atoms with E-state index in [1.54, 1.807) is 12.1 Å². The number of Topliss-reactive ketones (excluding diaryl/α,β-unsaturated/α-hetero) is 1. The molecule has 1 aromatic heterocycles. The molecule has 2 N–H and O–H groups in total. The van der Waals surface area contributed by atoms with Crippen LogP contribution in [0.3, 0.4) is 0 Å². The first kappa shape index (κ1) is 22.1. The molecule has 0 unspecified atom stereocenters. The Morgan fingerprint density at radius 3 is 2.38 bits per heavy atom. The minimum atomic E-state index is -0.833. The van der Waals surface area contributed by atoms with Crippen LogP contribution in [0, 0.1) is 11.7 Å². The van der Waals surface area contributed by atoms with Crippen molar-refractivity contribution >= 4 is 17.6 Å². The highest BCUT2D eigenvalue weighted by molar-refractivity contribution is 6.01. The normalized spacial score (nSPS) is 10.9. The summed E-state index contributed by atoms with van der Waals surface area (Å²) in [6, 6.07) is 5.68. The zero-order valence-corrected chi connectivity index (χ0v) is 16.6. The predicted molar refractivity (Wildman–Crippen MR) is 105 cm³/mol. The number of ketones is 1. The highest BCUT2D eigenvalue weighted by atomic mass is 19.1. The Morgan fingerprint density at radius 1 is 1.17 bits per heavy atom. The van der Waals surface area contributed by atoms with Gasteiger partial charge in [0.25, 0.3) is 5.56 Å². The molecule has 0 amide bonds. The lowest BCUT2D eigenvalue weighted by atomic mass is 10.1. The number of ether oxygens (including phenoxy) is 1. The molecule has 1 aromatic carbocycles. The third-order valence-electron chi connectivity index (χ3n) is 4.31. The van der Waals surface area contributed by atoms with Gasteiger partial charge in [-0.3, -0.25) is 23.5 Å². The van der Waals surface area contributed by atoms with Crippen molar-refractivity contribution < 1.29 is 18.7 Å². The summed E-state index contributed by atoms with van der Waals surface area (Å²) < 4.78 is 19.8. The number of esters is 1. The molecular formula is C20H24FN3O5. The van der Waals surface area contributed by atoms with Crippen LogP contribution in [0.25, 0.3) is 0 Å². The van der Waals surface area contributed by atoms with Crippen LogP contribution in [0.2, 0.25) is 0 Å². The number of carbonyl (C=O) groups excluding carboxylic acids is 2. The lowest BCUT2D eigenvalue weighted by molar-refractivity contribution is -0.142. The first-order valence-electron chi connectivity index (χ1n) is 9.14. The van der Waals surface area contributed by atoms with Crippen LogP contribution < -0.4 is 17.0 Å². The van der Waals surface area contributed by atoms with E-state index < -0.39 is 29.6 Å². The van der Waals surface area contributed by atoms with Crippen molar-refractivity contribution in [2.24, 2.45) is 13.0 Å². The average molecular weight is 405 g/mol. The van der Waals surface area contributed by atoms with Crippen LogP contribution in [-0.4, -0.2) is 27.5 Å². The number of nitrogen functional groups attached to an aromatic ring is 1. The standard InChI is InChI=1S/C20H24FN3O5/c1-12(2)10-24-18(22)17(19(27)23(3)20(24)28)15(25)11-29-16(26)9-6-13-4-7-14(21)8-5-13/h4-5,7-8,12H,6,9-11,22H2,1-3H3. The summed E-state index contributed by atoms with van der Waals surface area (Å²) in [7, 11) is 1.26. The van der Waals surface area contributed by atoms with Crippen molar-refractivity contribution in [1.82, 2.24) is 9.13 Å². The number of hydrogen-bond acceptors (Lipinski definition) is 6. The molecule has 0 aliphatic carbocycles. The van der Waals surface area contributed by atoms with E-state index in [2.05, 4.69) is 0 Å². The second-order valence-corrected chi connectivity index (χ2v) is 7.12. The second kappa shape index (κ2) is 9.31. The fourth-order valence-corrected chi connectivity index (χ4v) is 2.77. The third-order valence-corrected chi connectivity index (χ3v) is 4.31. The Labute approximate surface area is 166 Å². The third kappa shape index (κ3) is 5.40. The average Bonchev–Trinajstić information content (AvgIpc) is 2.67. The van der Waals surface area contributed by atoms with Gasteiger partial charge in [-0.2, -0.15) is 0 Å². The van der Waals surface area contributed by atoms with E-state index >= 15 is 0 Å². The zero-order valence-electron chi connectivity index (χ0n) is 16.6. The minimum absolute atomic E-state index is 0.0146. The molecule has 0 spiro atoms. The summed E-state index contributed by atoms with van der Waals surface area (Å²) in [5.41, 5.74) is 4.83. The molecule has 0 saturated carbocycles. The van der Waals surface area contributed by atoms with Gasteiger partial charge in [-0.25, -0.2) is 9.18 Å². The topological polar surface area (TPSA) is 113 Å². The fourth-order valence-electron chi connectivity index (χ4n) is 2.77. The molecule has 0 aliphatic rings.